The Bertz CT molecular complexity index is 125. The van der Waals surface area contributed by atoms with Crippen LogP contribution in [0.5, 0.6) is 0 Å². The maximum Gasteiger partial charge on any atom is 0.0939 e. The maximum absolute atomic E-state index is 5.04. The first-order valence-corrected chi connectivity index (χ1v) is 3.33. The topological polar surface area (TPSA) is 9.23 Å². The summed E-state index contributed by atoms with van der Waals surface area (Å²) < 4.78 is 5.04. The molecule has 0 aromatic carbocycles. The highest BCUT2D eigenvalue weighted by molar-refractivity contribution is 4.94. The summed E-state index contributed by atoms with van der Waals surface area (Å²) in [6, 6.07) is 0. The SMILES string of the molecule is C/C=C\CC1C=COC1. The van der Waals surface area contributed by atoms with Crippen LogP contribution in [0.25, 0.3) is 0 Å². The molecule has 0 spiro atoms. The van der Waals surface area contributed by atoms with Crippen molar-refractivity contribution < 1.29 is 4.74 Å². The second-order valence-electron chi connectivity index (χ2n) is 2.23. The third kappa shape index (κ3) is 1.92. The van der Waals surface area contributed by atoms with Crippen LogP contribution in [-0.2, 0) is 4.74 Å². The number of ether oxygens (including phenoxy) is 1. The van der Waals surface area contributed by atoms with E-state index in [9.17, 15) is 0 Å². The van der Waals surface area contributed by atoms with Gasteiger partial charge >= 0.3 is 0 Å². The summed E-state index contributed by atoms with van der Waals surface area (Å²) in [7, 11) is 0. The van der Waals surface area contributed by atoms with Gasteiger partial charge in [-0.15, -0.1) is 0 Å². The molecule has 1 aliphatic heterocycles. The molecular weight excluding hydrogens is 112 g/mol. The lowest BCUT2D eigenvalue weighted by Gasteiger charge is -1.99. The molecule has 0 saturated heterocycles. The lowest BCUT2D eigenvalue weighted by Crippen LogP contribution is -1.95. The van der Waals surface area contributed by atoms with Crippen LogP contribution in [0.15, 0.2) is 24.5 Å². The van der Waals surface area contributed by atoms with E-state index in [0.29, 0.717) is 5.92 Å². The van der Waals surface area contributed by atoms with Crippen molar-refractivity contribution in [2.45, 2.75) is 13.3 Å². The standard InChI is InChI=1S/C8H12O/c1-2-3-4-8-5-6-9-7-8/h2-3,5-6,8H,4,7H2,1H3/b3-2-. The number of hydrogen-bond donors (Lipinski definition) is 0. The first-order valence-electron chi connectivity index (χ1n) is 3.33. The summed E-state index contributed by atoms with van der Waals surface area (Å²) in [6.07, 6.45) is 9.26. The van der Waals surface area contributed by atoms with Crippen LogP contribution in [0, 0.1) is 5.92 Å². The summed E-state index contributed by atoms with van der Waals surface area (Å²) in [5.41, 5.74) is 0. The normalized spacial score (nSPS) is 25.2. The molecule has 0 aliphatic carbocycles. The minimum Gasteiger partial charge on any atom is -0.501 e. The molecular formula is C8H12O. The Morgan fingerprint density at radius 1 is 1.78 bits per heavy atom. The van der Waals surface area contributed by atoms with E-state index in [1.165, 1.54) is 0 Å². The van der Waals surface area contributed by atoms with Crippen LogP contribution in [0.1, 0.15) is 13.3 Å². The smallest absolute Gasteiger partial charge is 0.0939 e. The Balaban J connectivity index is 2.20. The highest BCUT2D eigenvalue weighted by Gasteiger charge is 2.06. The van der Waals surface area contributed by atoms with Gasteiger partial charge in [-0.1, -0.05) is 12.2 Å². The summed E-state index contributed by atoms with van der Waals surface area (Å²) >= 11 is 0. The van der Waals surface area contributed by atoms with Gasteiger partial charge in [0.1, 0.15) is 0 Å². The fraction of sp³-hybridized carbons (Fsp3) is 0.500. The largest absolute Gasteiger partial charge is 0.501 e. The van der Waals surface area contributed by atoms with E-state index in [0.717, 1.165) is 13.0 Å². The quantitative estimate of drug-likeness (QED) is 0.512. The van der Waals surface area contributed by atoms with E-state index >= 15 is 0 Å². The van der Waals surface area contributed by atoms with Crippen LogP contribution < -0.4 is 0 Å². The van der Waals surface area contributed by atoms with Gasteiger partial charge in [-0.2, -0.15) is 0 Å². The van der Waals surface area contributed by atoms with Crippen molar-refractivity contribution in [3.05, 3.63) is 24.5 Å². The van der Waals surface area contributed by atoms with Crippen LogP contribution in [0.3, 0.4) is 0 Å². The molecule has 0 aromatic heterocycles. The van der Waals surface area contributed by atoms with Gasteiger partial charge in [0.05, 0.1) is 12.9 Å². The van der Waals surface area contributed by atoms with Gasteiger partial charge < -0.3 is 4.74 Å². The monoisotopic (exact) mass is 124 g/mol. The molecule has 1 rings (SSSR count). The predicted molar refractivity (Wildman–Crippen MR) is 38.0 cm³/mol. The molecule has 0 fully saturated rings. The van der Waals surface area contributed by atoms with E-state index in [1.54, 1.807) is 6.26 Å². The molecule has 1 aliphatic rings. The minimum absolute atomic E-state index is 0.626. The van der Waals surface area contributed by atoms with Gasteiger partial charge in [-0.25, -0.2) is 0 Å². The Hall–Kier alpha value is -0.720. The molecule has 1 nitrogen and oxygen atoms in total. The van der Waals surface area contributed by atoms with Crippen LogP contribution >= 0.6 is 0 Å². The molecule has 0 saturated carbocycles. The van der Waals surface area contributed by atoms with Crippen molar-refractivity contribution in [1.29, 1.82) is 0 Å². The molecule has 0 N–H and O–H groups in total. The van der Waals surface area contributed by atoms with Gasteiger partial charge in [0.2, 0.25) is 0 Å². The van der Waals surface area contributed by atoms with Crippen LogP contribution in [0.2, 0.25) is 0 Å². The van der Waals surface area contributed by atoms with E-state index in [2.05, 4.69) is 18.2 Å². The summed E-state index contributed by atoms with van der Waals surface area (Å²) in [4.78, 5) is 0. The molecule has 1 heterocycles. The lowest BCUT2D eigenvalue weighted by molar-refractivity contribution is 0.250. The van der Waals surface area contributed by atoms with Crippen LogP contribution in [-0.4, -0.2) is 6.61 Å². The van der Waals surface area contributed by atoms with E-state index in [4.69, 9.17) is 4.74 Å². The summed E-state index contributed by atoms with van der Waals surface area (Å²) in [6.45, 7) is 2.91. The zero-order valence-corrected chi connectivity index (χ0v) is 5.71. The lowest BCUT2D eigenvalue weighted by atomic mass is 10.1. The van der Waals surface area contributed by atoms with Crippen molar-refractivity contribution in [3.8, 4) is 0 Å². The second-order valence-corrected chi connectivity index (χ2v) is 2.23. The first-order chi connectivity index (χ1) is 4.43. The zero-order valence-electron chi connectivity index (χ0n) is 5.71. The Kier molecular flexibility index (Phi) is 2.37. The third-order valence-corrected chi connectivity index (χ3v) is 1.43. The third-order valence-electron chi connectivity index (χ3n) is 1.43. The van der Waals surface area contributed by atoms with E-state index in [-0.39, 0.29) is 0 Å². The molecule has 1 unspecified atom stereocenters. The summed E-state index contributed by atoms with van der Waals surface area (Å²) in [5, 5.41) is 0. The van der Waals surface area contributed by atoms with Gasteiger partial charge in [-0.3, -0.25) is 0 Å². The maximum atomic E-state index is 5.04. The molecule has 9 heavy (non-hydrogen) atoms. The molecule has 0 bridgehead atoms. The Labute approximate surface area is 56.0 Å². The molecule has 0 aromatic rings. The van der Waals surface area contributed by atoms with Gasteiger partial charge in [-0.05, 0) is 19.4 Å². The minimum atomic E-state index is 0.626. The average molecular weight is 124 g/mol. The second kappa shape index (κ2) is 3.33. The van der Waals surface area contributed by atoms with Crippen molar-refractivity contribution >= 4 is 0 Å². The van der Waals surface area contributed by atoms with Crippen molar-refractivity contribution in [3.63, 3.8) is 0 Å². The van der Waals surface area contributed by atoms with Crippen molar-refractivity contribution in [2.24, 2.45) is 5.92 Å². The van der Waals surface area contributed by atoms with E-state index in [1.807, 2.05) is 6.92 Å². The molecule has 50 valence electrons. The molecule has 1 atom stereocenters. The predicted octanol–water partition coefficient (Wildman–Crippen LogP) is 2.11. The fourth-order valence-corrected chi connectivity index (χ4v) is 0.859. The van der Waals surface area contributed by atoms with E-state index < -0.39 is 0 Å². The van der Waals surface area contributed by atoms with Gasteiger partial charge in [0.25, 0.3) is 0 Å². The number of rotatable bonds is 2. The Morgan fingerprint density at radius 3 is 3.22 bits per heavy atom. The molecule has 0 radical (unpaired) electrons. The Morgan fingerprint density at radius 2 is 2.67 bits per heavy atom. The fourth-order valence-electron chi connectivity index (χ4n) is 0.859. The highest BCUT2D eigenvalue weighted by Crippen LogP contribution is 2.12. The molecule has 0 amide bonds. The zero-order chi connectivity index (χ0) is 6.53. The van der Waals surface area contributed by atoms with Gasteiger partial charge in [0, 0.05) is 5.92 Å². The number of allylic oxidation sites excluding steroid dienone is 2. The van der Waals surface area contributed by atoms with Crippen LogP contribution in [0.4, 0.5) is 0 Å². The van der Waals surface area contributed by atoms with Crippen molar-refractivity contribution in [1.82, 2.24) is 0 Å². The van der Waals surface area contributed by atoms with Crippen molar-refractivity contribution in [2.75, 3.05) is 6.61 Å². The molecule has 1 heteroatoms. The highest BCUT2D eigenvalue weighted by atomic mass is 16.5. The average Bonchev–Trinajstić information content (AvgIpc) is 2.34. The number of hydrogen-bond acceptors (Lipinski definition) is 1. The summed E-state index contributed by atoms with van der Waals surface area (Å²) in [5.74, 6) is 0.626. The van der Waals surface area contributed by atoms with Gasteiger partial charge in [0.15, 0.2) is 0 Å². The first kappa shape index (κ1) is 6.40.